The van der Waals surface area contributed by atoms with Crippen molar-refractivity contribution in [3.05, 3.63) is 41.5 Å². The third-order valence-corrected chi connectivity index (χ3v) is 2.79. The molecule has 0 saturated heterocycles. The molecular weight excluding hydrogens is 247 g/mol. The molecule has 1 aromatic heterocycles. The fourth-order valence-electron chi connectivity index (χ4n) is 1.74. The summed E-state index contributed by atoms with van der Waals surface area (Å²) in [4.78, 5) is 12.0. The summed E-state index contributed by atoms with van der Waals surface area (Å²) >= 11 is 0. The normalized spacial score (nSPS) is 10.5. The molecule has 0 spiro atoms. The van der Waals surface area contributed by atoms with Crippen LogP contribution in [0.25, 0.3) is 0 Å². The number of nitrogens with two attached hydrogens (primary N) is 1. The first-order valence-corrected chi connectivity index (χ1v) is 5.92. The molecule has 0 fully saturated rings. The van der Waals surface area contributed by atoms with Crippen LogP contribution in [0.2, 0.25) is 0 Å². The molecule has 3 N–H and O–H groups in total. The summed E-state index contributed by atoms with van der Waals surface area (Å²) in [5, 5.41) is 6.54. The Morgan fingerprint density at radius 3 is 2.84 bits per heavy atom. The Bertz CT molecular complexity index is 601. The summed E-state index contributed by atoms with van der Waals surface area (Å²) in [5.41, 5.74) is 6.87. The van der Waals surface area contributed by atoms with E-state index < -0.39 is 11.7 Å². The van der Waals surface area contributed by atoms with Gasteiger partial charge in [0, 0.05) is 12.7 Å². The van der Waals surface area contributed by atoms with E-state index in [2.05, 4.69) is 10.4 Å². The number of carbonyl (C=O) groups excluding carboxylic acids is 1. The van der Waals surface area contributed by atoms with Crippen molar-refractivity contribution in [3.63, 3.8) is 0 Å². The number of nitrogens with one attached hydrogen (secondary N) is 1. The van der Waals surface area contributed by atoms with Crippen LogP contribution >= 0.6 is 0 Å². The number of aromatic nitrogens is 2. The lowest BCUT2D eigenvalue weighted by Gasteiger charge is -2.08. The Morgan fingerprint density at radius 2 is 2.26 bits per heavy atom. The monoisotopic (exact) mass is 262 g/mol. The topological polar surface area (TPSA) is 72.9 Å². The Balaban J connectivity index is 2.28. The van der Waals surface area contributed by atoms with E-state index in [4.69, 9.17) is 5.73 Å². The predicted octanol–water partition coefficient (Wildman–Crippen LogP) is 2.19. The molecule has 100 valence electrons. The van der Waals surface area contributed by atoms with E-state index in [-0.39, 0.29) is 17.1 Å². The van der Waals surface area contributed by atoms with Gasteiger partial charge in [0.05, 0.1) is 11.4 Å². The summed E-state index contributed by atoms with van der Waals surface area (Å²) in [6.07, 6.45) is 1.57. The van der Waals surface area contributed by atoms with Crippen LogP contribution in [0.3, 0.4) is 0 Å². The van der Waals surface area contributed by atoms with Crippen LogP contribution in [0.5, 0.6) is 0 Å². The van der Waals surface area contributed by atoms with Gasteiger partial charge in [-0.3, -0.25) is 9.48 Å². The number of nitrogen functional groups attached to an aromatic ring is 1. The molecule has 0 aliphatic heterocycles. The molecule has 1 heterocycles. The maximum Gasteiger partial charge on any atom is 0.278 e. The number of hydrogen-bond donors (Lipinski definition) is 2. The number of nitrogens with zero attached hydrogens (tertiary/aromatic N) is 2. The van der Waals surface area contributed by atoms with Crippen molar-refractivity contribution in [2.45, 2.75) is 20.4 Å². The third-order valence-electron chi connectivity index (χ3n) is 2.79. The van der Waals surface area contributed by atoms with Gasteiger partial charge >= 0.3 is 0 Å². The highest BCUT2D eigenvalue weighted by Gasteiger charge is 2.17. The maximum atomic E-state index is 13.6. The number of rotatable bonds is 3. The predicted molar refractivity (Wildman–Crippen MR) is 71.4 cm³/mol. The zero-order valence-electron chi connectivity index (χ0n) is 10.8. The van der Waals surface area contributed by atoms with Crippen molar-refractivity contribution < 1.29 is 9.18 Å². The van der Waals surface area contributed by atoms with Crippen molar-refractivity contribution in [1.29, 1.82) is 0 Å². The first kappa shape index (κ1) is 13.1. The van der Waals surface area contributed by atoms with E-state index in [0.29, 0.717) is 12.1 Å². The van der Waals surface area contributed by atoms with Crippen LogP contribution in [-0.4, -0.2) is 15.7 Å². The van der Waals surface area contributed by atoms with Crippen molar-refractivity contribution in [1.82, 2.24) is 9.78 Å². The Labute approximate surface area is 110 Å². The van der Waals surface area contributed by atoms with Crippen molar-refractivity contribution in [3.8, 4) is 0 Å². The standard InChI is InChI=1S/C13H15FN4O/c1-3-18-7-10(15)12(17-18)13(19)16-11-8(2)5-4-6-9(11)14/h4-7H,3,15H2,1-2H3,(H,16,19). The van der Waals surface area contributed by atoms with Gasteiger partial charge in [-0.1, -0.05) is 12.1 Å². The molecule has 0 radical (unpaired) electrons. The molecule has 2 aromatic rings. The van der Waals surface area contributed by atoms with Crippen LogP contribution in [0, 0.1) is 12.7 Å². The number of carbonyl (C=O) groups is 1. The van der Waals surface area contributed by atoms with Gasteiger partial charge in [0.1, 0.15) is 5.82 Å². The number of halogens is 1. The summed E-state index contributed by atoms with van der Waals surface area (Å²) in [5.74, 6) is -1.00. The molecular formula is C13H15FN4O. The molecule has 0 bridgehead atoms. The Kier molecular flexibility index (Phi) is 3.50. The van der Waals surface area contributed by atoms with E-state index in [1.54, 1.807) is 29.9 Å². The van der Waals surface area contributed by atoms with Gasteiger partial charge in [0.15, 0.2) is 5.69 Å². The average molecular weight is 262 g/mol. The third kappa shape index (κ3) is 2.57. The Hall–Kier alpha value is -2.37. The second-order valence-corrected chi connectivity index (χ2v) is 4.17. The van der Waals surface area contributed by atoms with Gasteiger partial charge in [0.25, 0.3) is 5.91 Å². The van der Waals surface area contributed by atoms with E-state index >= 15 is 0 Å². The van der Waals surface area contributed by atoms with Crippen molar-refractivity contribution in [2.24, 2.45) is 0 Å². The lowest BCUT2D eigenvalue weighted by molar-refractivity contribution is 0.102. The average Bonchev–Trinajstić information content (AvgIpc) is 2.75. The van der Waals surface area contributed by atoms with Crippen LogP contribution in [0.15, 0.2) is 24.4 Å². The minimum absolute atomic E-state index is 0.101. The molecule has 5 nitrogen and oxygen atoms in total. The summed E-state index contributed by atoms with van der Waals surface area (Å²) in [6, 6.07) is 4.59. The lowest BCUT2D eigenvalue weighted by Crippen LogP contribution is -2.16. The number of hydrogen-bond acceptors (Lipinski definition) is 3. The molecule has 19 heavy (non-hydrogen) atoms. The SMILES string of the molecule is CCn1cc(N)c(C(=O)Nc2c(C)cccc2F)n1. The molecule has 0 aliphatic rings. The fraction of sp³-hybridized carbons (Fsp3) is 0.231. The van der Waals surface area contributed by atoms with E-state index in [1.165, 1.54) is 6.07 Å². The number of para-hydroxylation sites is 1. The molecule has 0 atom stereocenters. The molecule has 0 saturated carbocycles. The number of benzene rings is 1. The smallest absolute Gasteiger partial charge is 0.278 e. The highest BCUT2D eigenvalue weighted by Crippen LogP contribution is 2.20. The maximum absolute atomic E-state index is 13.6. The molecule has 2 rings (SSSR count). The first-order valence-electron chi connectivity index (χ1n) is 5.92. The summed E-state index contributed by atoms with van der Waals surface area (Å²) in [6.45, 7) is 4.21. The minimum atomic E-state index is -0.516. The minimum Gasteiger partial charge on any atom is -0.396 e. The van der Waals surface area contributed by atoms with Crippen LogP contribution in [0.4, 0.5) is 15.8 Å². The second-order valence-electron chi connectivity index (χ2n) is 4.17. The van der Waals surface area contributed by atoms with Gasteiger partial charge in [-0.15, -0.1) is 0 Å². The Morgan fingerprint density at radius 1 is 1.53 bits per heavy atom. The van der Waals surface area contributed by atoms with Gasteiger partial charge in [-0.05, 0) is 25.5 Å². The van der Waals surface area contributed by atoms with Gasteiger partial charge in [-0.25, -0.2) is 4.39 Å². The molecule has 0 unspecified atom stereocenters. The van der Waals surface area contributed by atoms with Crippen LogP contribution in [-0.2, 0) is 6.54 Å². The number of anilines is 2. The molecule has 6 heteroatoms. The highest BCUT2D eigenvalue weighted by atomic mass is 19.1. The summed E-state index contributed by atoms with van der Waals surface area (Å²) in [7, 11) is 0. The van der Waals surface area contributed by atoms with Gasteiger partial charge in [0.2, 0.25) is 0 Å². The fourth-order valence-corrected chi connectivity index (χ4v) is 1.74. The van der Waals surface area contributed by atoms with Crippen molar-refractivity contribution in [2.75, 3.05) is 11.1 Å². The van der Waals surface area contributed by atoms with E-state index in [9.17, 15) is 9.18 Å². The summed E-state index contributed by atoms with van der Waals surface area (Å²) < 4.78 is 15.2. The zero-order valence-corrected chi connectivity index (χ0v) is 10.8. The van der Waals surface area contributed by atoms with Gasteiger partial charge < -0.3 is 11.1 Å². The quantitative estimate of drug-likeness (QED) is 0.890. The second kappa shape index (κ2) is 5.09. The van der Waals surface area contributed by atoms with E-state index in [0.717, 1.165) is 0 Å². The molecule has 1 aromatic carbocycles. The van der Waals surface area contributed by atoms with E-state index in [1.807, 2.05) is 6.92 Å². The first-order chi connectivity index (χ1) is 9.02. The molecule has 0 aliphatic carbocycles. The molecule has 1 amide bonds. The lowest BCUT2D eigenvalue weighted by atomic mass is 10.2. The largest absolute Gasteiger partial charge is 0.396 e. The zero-order chi connectivity index (χ0) is 14.0. The highest BCUT2D eigenvalue weighted by molar-refractivity contribution is 6.06. The number of aryl methyl sites for hydroxylation is 2. The van der Waals surface area contributed by atoms with Crippen LogP contribution < -0.4 is 11.1 Å². The van der Waals surface area contributed by atoms with Crippen LogP contribution in [0.1, 0.15) is 23.0 Å². The van der Waals surface area contributed by atoms with Crippen molar-refractivity contribution >= 4 is 17.3 Å². The number of amides is 1. The van der Waals surface area contributed by atoms with Gasteiger partial charge in [-0.2, -0.15) is 5.10 Å².